The van der Waals surface area contributed by atoms with Crippen LogP contribution in [-0.2, 0) is 16.8 Å². The van der Waals surface area contributed by atoms with Crippen LogP contribution in [0, 0.1) is 0 Å². The Morgan fingerprint density at radius 3 is 2.46 bits per heavy atom. The van der Waals surface area contributed by atoms with E-state index in [0.717, 1.165) is 0 Å². The highest BCUT2D eigenvalue weighted by Crippen LogP contribution is 2.43. The Kier molecular flexibility index (Phi) is 2.84. The molecular formula is C19H14O5. The summed E-state index contributed by atoms with van der Waals surface area (Å²) in [5.41, 5.74) is 1.75. The number of fused-ring (bicyclic) bond motifs is 5. The van der Waals surface area contributed by atoms with Crippen molar-refractivity contribution in [1.82, 2.24) is 0 Å². The molecule has 1 aromatic carbocycles. The summed E-state index contributed by atoms with van der Waals surface area (Å²) in [4.78, 5) is 37.4. The topological polar surface area (TPSA) is 84.6 Å². The van der Waals surface area contributed by atoms with Gasteiger partial charge in [0.25, 0.3) is 0 Å². The van der Waals surface area contributed by atoms with Crippen molar-refractivity contribution in [1.29, 1.82) is 0 Å². The molecule has 0 atom stereocenters. The van der Waals surface area contributed by atoms with Crippen LogP contribution in [-0.4, -0.2) is 22.5 Å². The third kappa shape index (κ3) is 1.65. The molecule has 0 bridgehead atoms. The Morgan fingerprint density at radius 2 is 1.75 bits per heavy atom. The minimum absolute atomic E-state index is 0.0502. The van der Waals surface area contributed by atoms with Gasteiger partial charge in [0, 0.05) is 16.7 Å². The van der Waals surface area contributed by atoms with E-state index in [2.05, 4.69) is 0 Å². The van der Waals surface area contributed by atoms with E-state index in [1.165, 1.54) is 12.3 Å². The van der Waals surface area contributed by atoms with Gasteiger partial charge in [0.1, 0.15) is 5.76 Å². The van der Waals surface area contributed by atoms with Crippen molar-refractivity contribution < 1.29 is 23.9 Å². The van der Waals surface area contributed by atoms with Crippen LogP contribution in [0.2, 0.25) is 0 Å². The van der Waals surface area contributed by atoms with Gasteiger partial charge in [-0.25, -0.2) is 0 Å². The molecule has 0 spiro atoms. The van der Waals surface area contributed by atoms with Crippen LogP contribution in [0.15, 0.2) is 28.9 Å². The molecule has 2 aromatic rings. The number of hydrogen-bond acceptors (Lipinski definition) is 5. The molecule has 5 nitrogen and oxygen atoms in total. The maximum atomic E-state index is 12.7. The smallest absolute Gasteiger partial charge is 0.237 e. The molecule has 0 saturated heterocycles. The van der Waals surface area contributed by atoms with Crippen molar-refractivity contribution in [3.8, 4) is 11.3 Å². The van der Waals surface area contributed by atoms with Crippen molar-refractivity contribution >= 4 is 23.4 Å². The third-order valence-electron chi connectivity index (χ3n) is 4.88. The fourth-order valence-corrected chi connectivity index (χ4v) is 3.46. The molecule has 0 aliphatic heterocycles. The quantitative estimate of drug-likeness (QED) is 0.816. The number of aliphatic hydroxyl groups is 1. The van der Waals surface area contributed by atoms with E-state index in [9.17, 15) is 19.5 Å². The van der Waals surface area contributed by atoms with Gasteiger partial charge < -0.3 is 9.52 Å². The number of hydrogen-bond donors (Lipinski definition) is 1. The fourth-order valence-electron chi connectivity index (χ4n) is 3.46. The molecule has 0 radical (unpaired) electrons. The Morgan fingerprint density at radius 1 is 1.04 bits per heavy atom. The first-order valence-electron chi connectivity index (χ1n) is 7.58. The molecule has 0 unspecified atom stereocenters. The van der Waals surface area contributed by atoms with Crippen LogP contribution >= 0.6 is 0 Å². The molecule has 0 saturated carbocycles. The number of carbonyl (C=O) groups excluding carboxylic acids is 3. The SMILES string of the molecule is CC1(C)C(=O)C=Cc2c1ccc1c2C(=O)C(=O)c2c(CO)coc2-1. The Bertz CT molecular complexity index is 972. The van der Waals surface area contributed by atoms with Gasteiger partial charge in [0.05, 0.1) is 23.8 Å². The van der Waals surface area contributed by atoms with E-state index in [1.807, 2.05) is 0 Å². The number of rotatable bonds is 1. The largest absolute Gasteiger partial charge is 0.463 e. The summed E-state index contributed by atoms with van der Waals surface area (Å²) in [6.45, 7) is 3.21. The first kappa shape index (κ1) is 14.8. The van der Waals surface area contributed by atoms with Crippen molar-refractivity contribution in [3.05, 3.63) is 52.3 Å². The van der Waals surface area contributed by atoms with Gasteiger partial charge in [-0.05, 0) is 31.1 Å². The highest BCUT2D eigenvalue weighted by molar-refractivity contribution is 6.53. The normalized spacial score (nSPS) is 17.5. The van der Waals surface area contributed by atoms with Gasteiger partial charge >= 0.3 is 0 Å². The minimum atomic E-state index is -0.762. The van der Waals surface area contributed by atoms with Crippen LogP contribution in [0.4, 0.5) is 0 Å². The zero-order valence-electron chi connectivity index (χ0n) is 13.2. The van der Waals surface area contributed by atoms with Gasteiger partial charge in [-0.1, -0.05) is 18.2 Å². The van der Waals surface area contributed by atoms with Crippen LogP contribution in [0.1, 0.15) is 51.3 Å². The lowest BCUT2D eigenvalue weighted by Gasteiger charge is -2.30. The van der Waals surface area contributed by atoms with Gasteiger partial charge in [0.2, 0.25) is 11.6 Å². The second kappa shape index (κ2) is 4.61. The number of carbonyl (C=O) groups is 3. The predicted octanol–water partition coefficient (Wildman–Crippen LogP) is 2.69. The van der Waals surface area contributed by atoms with Crippen molar-refractivity contribution in [2.24, 2.45) is 0 Å². The lowest BCUT2D eigenvalue weighted by molar-refractivity contribution is -0.118. The molecular weight excluding hydrogens is 308 g/mol. The molecule has 2 aliphatic carbocycles. The summed E-state index contributed by atoms with van der Waals surface area (Å²) < 4.78 is 5.46. The monoisotopic (exact) mass is 322 g/mol. The lowest BCUT2D eigenvalue weighted by Crippen LogP contribution is -2.32. The standard InChI is InChI=1S/C19H14O5/c1-19(2)12-5-3-11-15(10(12)4-6-13(19)21)17(23)16(22)14-9(7-20)8-24-18(11)14/h3-6,8,20H,7H2,1-2H3. The number of allylic oxidation sites excluding steroid dienone is 1. The summed E-state index contributed by atoms with van der Waals surface area (Å²) in [6.07, 6.45) is 4.33. The first-order chi connectivity index (χ1) is 11.4. The van der Waals surface area contributed by atoms with Gasteiger partial charge in [-0.15, -0.1) is 0 Å². The number of ketones is 3. The van der Waals surface area contributed by atoms with Crippen LogP contribution < -0.4 is 0 Å². The molecule has 1 heterocycles. The summed E-state index contributed by atoms with van der Waals surface area (Å²) >= 11 is 0. The van der Waals surface area contributed by atoms with E-state index in [4.69, 9.17) is 4.42 Å². The molecule has 1 aromatic heterocycles. The lowest BCUT2D eigenvalue weighted by atomic mass is 9.71. The van der Waals surface area contributed by atoms with Crippen LogP contribution in [0.5, 0.6) is 0 Å². The average molecular weight is 322 g/mol. The molecule has 4 rings (SSSR count). The highest BCUT2D eigenvalue weighted by Gasteiger charge is 2.41. The number of furan rings is 1. The first-order valence-corrected chi connectivity index (χ1v) is 7.58. The zero-order valence-corrected chi connectivity index (χ0v) is 13.2. The Labute approximate surface area is 137 Å². The van der Waals surface area contributed by atoms with Gasteiger partial charge in [0.15, 0.2) is 5.78 Å². The minimum Gasteiger partial charge on any atom is -0.463 e. The molecule has 5 heteroatoms. The Balaban J connectivity index is 2.08. The second-order valence-corrected chi connectivity index (χ2v) is 6.55. The van der Waals surface area contributed by atoms with Gasteiger partial charge in [-0.2, -0.15) is 0 Å². The number of aliphatic hydroxyl groups excluding tert-OH is 1. The van der Waals surface area contributed by atoms with E-state index >= 15 is 0 Å². The summed E-state index contributed by atoms with van der Waals surface area (Å²) in [5, 5.41) is 9.35. The number of Topliss-reactive ketones (excluding diaryl/α,β-unsaturated/α-hetero) is 2. The summed E-state index contributed by atoms with van der Waals surface area (Å²) in [7, 11) is 0. The number of benzene rings is 1. The van der Waals surface area contributed by atoms with Crippen LogP contribution in [0.25, 0.3) is 17.4 Å². The fraction of sp³-hybridized carbons (Fsp3) is 0.211. The third-order valence-corrected chi connectivity index (χ3v) is 4.88. The van der Waals surface area contributed by atoms with E-state index < -0.39 is 17.0 Å². The molecule has 120 valence electrons. The second-order valence-electron chi connectivity index (χ2n) is 6.55. The maximum absolute atomic E-state index is 12.7. The van der Waals surface area contributed by atoms with E-state index in [-0.39, 0.29) is 23.5 Å². The van der Waals surface area contributed by atoms with E-state index in [0.29, 0.717) is 28.0 Å². The molecule has 24 heavy (non-hydrogen) atoms. The van der Waals surface area contributed by atoms with E-state index in [1.54, 1.807) is 32.1 Å². The Hall–Kier alpha value is -2.79. The summed E-state index contributed by atoms with van der Waals surface area (Å²) in [6, 6.07) is 3.50. The van der Waals surface area contributed by atoms with Crippen molar-refractivity contribution in [2.75, 3.05) is 0 Å². The summed E-state index contributed by atoms with van der Waals surface area (Å²) in [5.74, 6) is -1.08. The van der Waals surface area contributed by atoms with Gasteiger partial charge in [-0.3, -0.25) is 14.4 Å². The molecule has 2 aliphatic rings. The zero-order chi connectivity index (χ0) is 17.2. The highest BCUT2D eigenvalue weighted by atomic mass is 16.3. The predicted molar refractivity (Wildman–Crippen MR) is 85.8 cm³/mol. The maximum Gasteiger partial charge on any atom is 0.237 e. The van der Waals surface area contributed by atoms with Crippen molar-refractivity contribution in [3.63, 3.8) is 0 Å². The average Bonchev–Trinajstić information content (AvgIpc) is 2.99. The molecule has 1 N–H and O–H groups in total. The molecule has 0 amide bonds. The van der Waals surface area contributed by atoms with Crippen LogP contribution in [0.3, 0.4) is 0 Å². The van der Waals surface area contributed by atoms with Crippen molar-refractivity contribution in [2.45, 2.75) is 25.9 Å². The molecule has 0 fully saturated rings.